The number of carbonyl (C=O) groups is 1. The van der Waals surface area contributed by atoms with Crippen molar-refractivity contribution in [1.29, 1.82) is 0 Å². The predicted octanol–water partition coefficient (Wildman–Crippen LogP) is 3.98. The Morgan fingerprint density at radius 3 is 2.96 bits per heavy atom. The number of pyridine rings is 1. The van der Waals surface area contributed by atoms with Crippen LogP contribution in [0.1, 0.15) is 41.1 Å². The van der Waals surface area contributed by atoms with E-state index in [1.54, 1.807) is 35.3 Å². The number of ether oxygens (including phenoxy) is 2. The zero-order valence-electron chi connectivity index (χ0n) is 14.4. The minimum absolute atomic E-state index is 0.156. The number of benzene rings is 1. The van der Waals surface area contributed by atoms with Crippen molar-refractivity contribution >= 4 is 11.5 Å². The third-order valence-electron chi connectivity index (χ3n) is 4.95. The van der Waals surface area contributed by atoms with Crippen LogP contribution < -0.4 is 4.74 Å². The lowest BCUT2D eigenvalue weighted by molar-refractivity contribution is 0.0314. The van der Waals surface area contributed by atoms with Crippen LogP contribution in [0.4, 0.5) is 4.39 Å². The van der Waals surface area contributed by atoms with Gasteiger partial charge >= 0.3 is 5.97 Å². The van der Waals surface area contributed by atoms with E-state index in [1.807, 2.05) is 12.1 Å². The van der Waals surface area contributed by atoms with E-state index in [4.69, 9.17) is 9.47 Å². The number of fused-ring (bicyclic) bond motifs is 1. The summed E-state index contributed by atoms with van der Waals surface area (Å²) in [6.07, 6.45) is 7.28. The maximum absolute atomic E-state index is 13.9. The largest absolute Gasteiger partial charge is 0.494 e. The maximum atomic E-state index is 13.9. The molecule has 0 spiro atoms. The first-order valence-electron chi connectivity index (χ1n) is 8.60. The van der Waals surface area contributed by atoms with E-state index in [0.717, 1.165) is 23.9 Å². The molecule has 0 N–H and O–H groups in total. The minimum Gasteiger partial charge on any atom is -0.494 e. The fourth-order valence-electron chi connectivity index (χ4n) is 3.55. The van der Waals surface area contributed by atoms with Gasteiger partial charge in [0.25, 0.3) is 0 Å². The zero-order chi connectivity index (χ0) is 18.1. The Morgan fingerprint density at radius 1 is 1.27 bits per heavy atom. The van der Waals surface area contributed by atoms with Crippen molar-refractivity contribution in [2.24, 2.45) is 0 Å². The summed E-state index contributed by atoms with van der Waals surface area (Å²) in [6, 6.07) is 8.61. The molecular formula is C20H19FN2O3. The summed E-state index contributed by atoms with van der Waals surface area (Å²) in [5, 5.41) is 0. The van der Waals surface area contributed by atoms with Crippen LogP contribution >= 0.6 is 0 Å². The molecule has 2 heterocycles. The molecule has 5 nitrogen and oxygen atoms in total. The Balaban J connectivity index is 1.42. The first-order chi connectivity index (χ1) is 12.6. The van der Waals surface area contributed by atoms with Crippen LogP contribution in [0.15, 0.2) is 49.1 Å². The van der Waals surface area contributed by atoms with Crippen LogP contribution in [0.2, 0.25) is 0 Å². The average Bonchev–Trinajstić information content (AvgIpc) is 3.30. The monoisotopic (exact) mass is 354 g/mol. The van der Waals surface area contributed by atoms with Crippen LogP contribution in [0, 0.1) is 5.82 Å². The number of aromatic nitrogens is 2. The van der Waals surface area contributed by atoms with Gasteiger partial charge in [0.1, 0.15) is 6.10 Å². The molecule has 3 aromatic rings. The quantitative estimate of drug-likeness (QED) is 0.665. The molecule has 1 aliphatic carbocycles. The highest BCUT2D eigenvalue weighted by atomic mass is 19.1. The van der Waals surface area contributed by atoms with Crippen LogP contribution in [-0.2, 0) is 4.74 Å². The summed E-state index contributed by atoms with van der Waals surface area (Å²) in [7, 11) is 1.45. The van der Waals surface area contributed by atoms with Gasteiger partial charge in [-0.3, -0.25) is 0 Å². The summed E-state index contributed by atoms with van der Waals surface area (Å²) in [4.78, 5) is 16.5. The average molecular weight is 354 g/mol. The van der Waals surface area contributed by atoms with E-state index >= 15 is 0 Å². The fourth-order valence-corrected chi connectivity index (χ4v) is 3.55. The lowest BCUT2D eigenvalue weighted by Crippen LogP contribution is -2.15. The Bertz CT molecular complexity index is 953. The number of nitrogens with zero attached hydrogens (tertiary/aromatic N) is 2. The molecule has 6 heteroatoms. The van der Waals surface area contributed by atoms with Gasteiger partial charge in [-0.25, -0.2) is 14.2 Å². The highest BCUT2D eigenvalue weighted by Crippen LogP contribution is 2.37. The van der Waals surface area contributed by atoms with Gasteiger partial charge in [0.2, 0.25) is 0 Å². The SMILES string of the molecule is COc1ccc(C2CCC(OC(=O)c3ccc4cncn4c3)C2)cc1F. The fraction of sp³-hybridized carbons (Fsp3) is 0.300. The summed E-state index contributed by atoms with van der Waals surface area (Å²) in [5.41, 5.74) is 2.33. The molecule has 1 aromatic carbocycles. The van der Waals surface area contributed by atoms with E-state index in [-0.39, 0.29) is 29.6 Å². The van der Waals surface area contributed by atoms with Crippen molar-refractivity contribution in [2.45, 2.75) is 31.3 Å². The molecule has 0 saturated heterocycles. The molecule has 0 bridgehead atoms. The van der Waals surface area contributed by atoms with E-state index in [0.29, 0.717) is 12.0 Å². The highest BCUT2D eigenvalue weighted by Gasteiger charge is 2.29. The third kappa shape index (κ3) is 3.14. The van der Waals surface area contributed by atoms with Gasteiger partial charge in [0.05, 0.1) is 30.7 Å². The second-order valence-electron chi connectivity index (χ2n) is 6.57. The number of hydrogen-bond acceptors (Lipinski definition) is 4. The summed E-state index contributed by atoms with van der Waals surface area (Å²) in [5.74, 6) is -0.278. The molecule has 134 valence electrons. The highest BCUT2D eigenvalue weighted by molar-refractivity contribution is 5.89. The molecule has 26 heavy (non-hydrogen) atoms. The standard InChI is InChI=1S/C20H19FN2O3/c1-25-19-7-4-14(9-18(19)21)13-3-6-17(8-13)26-20(24)15-2-5-16-10-22-12-23(16)11-15/h2,4-5,7,9-13,17H,3,6,8H2,1H3. The van der Waals surface area contributed by atoms with E-state index < -0.39 is 0 Å². The number of hydrogen-bond donors (Lipinski definition) is 0. The van der Waals surface area contributed by atoms with Crippen molar-refractivity contribution in [1.82, 2.24) is 9.38 Å². The molecular weight excluding hydrogens is 335 g/mol. The topological polar surface area (TPSA) is 52.8 Å². The normalized spacial score (nSPS) is 19.6. The Kier molecular flexibility index (Phi) is 4.32. The molecule has 0 aliphatic heterocycles. The second-order valence-corrected chi connectivity index (χ2v) is 6.57. The third-order valence-corrected chi connectivity index (χ3v) is 4.95. The van der Waals surface area contributed by atoms with Crippen LogP contribution in [0.3, 0.4) is 0 Å². The van der Waals surface area contributed by atoms with Crippen LogP contribution in [-0.4, -0.2) is 28.6 Å². The van der Waals surface area contributed by atoms with E-state index in [9.17, 15) is 9.18 Å². The molecule has 1 saturated carbocycles. The number of imidazole rings is 1. The minimum atomic E-state index is -0.362. The molecule has 1 aliphatic rings. The van der Waals surface area contributed by atoms with Gasteiger partial charge in [0.15, 0.2) is 11.6 Å². The molecule has 0 radical (unpaired) electrons. The molecule has 1 fully saturated rings. The number of halogens is 1. The second kappa shape index (κ2) is 6.78. The van der Waals surface area contributed by atoms with Gasteiger partial charge in [-0.2, -0.15) is 0 Å². The molecule has 0 amide bonds. The maximum Gasteiger partial charge on any atom is 0.339 e. The zero-order valence-corrected chi connectivity index (χ0v) is 14.4. The predicted molar refractivity (Wildman–Crippen MR) is 93.9 cm³/mol. The summed E-state index contributed by atoms with van der Waals surface area (Å²) < 4.78 is 26.3. The number of carbonyl (C=O) groups excluding carboxylic acids is 1. The van der Waals surface area contributed by atoms with Crippen molar-refractivity contribution in [2.75, 3.05) is 7.11 Å². The van der Waals surface area contributed by atoms with Gasteiger partial charge in [0, 0.05) is 6.20 Å². The summed E-state index contributed by atoms with van der Waals surface area (Å²) >= 11 is 0. The first-order valence-corrected chi connectivity index (χ1v) is 8.60. The van der Waals surface area contributed by atoms with Crippen LogP contribution in [0.5, 0.6) is 5.75 Å². The van der Waals surface area contributed by atoms with Gasteiger partial charge < -0.3 is 13.9 Å². The first kappa shape index (κ1) is 16.6. The Hall–Kier alpha value is -2.89. The van der Waals surface area contributed by atoms with Crippen molar-refractivity contribution in [3.05, 3.63) is 66.0 Å². The number of methoxy groups -OCH3 is 1. The van der Waals surface area contributed by atoms with Crippen LogP contribution in [0.25, 0.3) is 5.52 Å². The molecule has 2 aromatic heterocycles. The van der Waals surface area contributed by atoms with Crippen molar-refractivity contribution < 1.29 is 18.7 Å². The van der Waals surface area contributed by atoms with Crippen molar-refractivity contribution in [3.63, 3.8) is 0 Å². The van der Waals surface area contributed by atoms with Crippen molar-refractivity contribution in [3.8, 4) is 5.75 Å². The van der Waals surface area contributed by atoms with Gasteiger partial charge in [-0.15, -0.1) is 0 Å². The number of rotatable bonds is 4. The molecule has 2 atom stereocenters. The summed E-state index contributed by atoms with van der Waals surface area (Å²) in [6.45, 7) is 0. The lowest BCUT2D eigenvalue weighted by Gasteiger charge is -2.14. The molecule has 2 unspecified atom stereocenters. The Morgan fingerprint density at radius 2 is 2.15 bits per heavy atom. The van der Waals surface area contributed by atoms with Gasteiger partial charge in [-0.05, 0) is 55.0 Å². The van der Waals surface area contributed by atoms with E-state index in [2.05, 4.69) is 4.98 Å². The number of esters is 1. The van der Waals surface area contributed by atoms with Gasteiger partial charge in [-0.1, -0.05) is 6.07 Å². The molecule has 4 rings (SSSR count). The smallest absolute Gasteiger partial charge is 0.339 e. The Labute approximate surface area is 150 Å². The lowest BCUT2D eigenvalue weighted by atomic mass is 9.97. The van der Waals surface area contributed by atoms with E-state index in [1.165, 1.54) is 13.2 Å².